The molecule has 0 aliphatic carbocycles. The third-order valence-electron chi connectivity index (χ3n) is 2.97. The molecule has 1 aliphatic heterocycles. The Morgan fingerprint density at radius 3 is 2.81 bits per heavy atom. The number of methoxy groups -OCH3 is 1. The Hall–Kier alpha value is -2.12. The van der Waals surface area contributed by atoms with Gasteiger partial charge in [0.25, 0.3) is 0 Å². The van der Waals surface area contributed by atoms with Crippen molar-refractivity contribution in [2.24, 2.45) is 0 Å². The molecule has 1 heterocycles. The van der Waals surface area contributed by atoms with E-state index in [4.69, 9.17) is 11.6 Å². The Labute approximate surface area is 126 Å². The van der Waals surface area contributed by atoms with Crippen molar-refractivity contribution in [3.05, 3.63) is 28.8 Å². The lowest BCUT2D eigenvalue weighted by Gasteiger charge is -2.23. The predicted octanol–water partition coefficient (Wildman–Crippen LogP) is 0.153. The molecule has 1 atom stereocenters. The van der Waals surface area contributed by atoms with Gasteiger partial charge in [-0.2, -0.15) is 0 Å². The highest BCUT2D eigenvalue weighted by molar-refractivity contribution is 6.34. The van der Waals surface area contributed by atoms with E-state index in [1.54, 1.807) is 0 Å². The minimum atomic E-state index is -0.555. The fraction of sp³-hybridized carbons (Fsp3) is 0.308. The maximum atomic E-state index is 12.1. The first kappa shape index (κ1) is 15.3. The first-order chi connectivity index (χ1) is 10.0. The summed E-state index contributed by atoms with van der Waals surface area (Å²) in [5.74, 6) is -1.03. The minimum absolute atomic E-state index is 0.0774. The van der Waals surface area contributed by atoms with Crippen LogP contribution in [0.2, 0.25) is 5.02 Å². The maximum Gasteiger partial charge on any atom is 0.337 e. The van der Waals surface area contributed by atoms with E-state index in [-0.39, 0.29) is 30.5 Å². The fourth-order valence-electron chi connectivity index (χ4n) is 1.84. The van der Waals surface area contributed by atoms with Crippen molar-refractivity contribution in [1.29, 1.82) is 0 Å². The molecule has 1 saturated heterocycles. The monoisotopic (exact) mass is 311 g/mol. The first-order valence-corrected chi connectivity index (χ1v) is 6.58. The van der Waals surface area contributed by atoms with Crippen molar-refractivity contribution in [3.63, 3.8) is 0 Å². The second-order valence-corrected chi connectivity index (χ2v) is 4.82. The summed E-state index contributed by atoms with van der Waals surface area (Å²) in [6.45, 7) is 0.271. The van der Waals surface area contributed by atoms with Crippen LogP contribution in [0.25, 0.3) is 0 Å². The Morgan fingerprint density at radius 1 is 1.43 bits per heavy atom. The van der Waals surface area contributed by atoms with Gasteiger partial charge in [0.05, 0.1) is 29.9 Å². The number of nitrogens with one attached hydrogen (secondary N) is 3. The van der Waals surface area contributed by atoms with Gasteiger partial charge in [-0.1, -0.05) is 11.6 Å². The van der Waals surface area contributed by atoms with E-state index in [0.29, 0.717) is 10.7 Å². The molecule has 2 amide bonds. The molecule has 1 unspecified atom stereocenters. The van der Waals surface area contributed by atoms with Gasteiger partial charge in [0.15, 0.2) is 0 Å². The highest BCUT2D eigenvalue weighted by Gasteiger charge is 2.24. The first-order valence-electron chi connectivity index (χ1n) is 6.20. The van der Waals surface area contributed by atoms with Crippen LogP contribution in [0.1, 0.15) is 10.4 Å². The number of esters is 1. The number of ether oxygens (including phenoxy) is 1. The van der Waals surface area contributed by atoms with Gasteiger partial charge in [-0.25, -0.2) is 4.79 Å². The molecule has 0 aromatic heterocycles. The van der Waals surface area contributed by atoms with Gasteiger partial charge in [-0.15, -0.1) is 0 Å². The quantitative estimate of drug-likeness (QED) is 0.691. The minimum Gasteiger partial charge on any atom is -0.465 e. The lowest BCUT2D eigenvalue weighted by molar-refractivity contribution is -0.124. The van der Waals surface area contributed by atoms with E-state index in [2.05, 4.69) is 20.7 Å². The van der Waals surface area contributed by atoms with Crippen molar-refractivity contribution in [2.45, 2.75) is 6.04 Å². The molecule has 1 aliphatic rings. The third kappa shape index (κ3) is 3.71. The standard InChI is InChI=1S/C13H14ClN3O4/c1-21-13(20)7-2-3-8(14)9(4-7)17-12(19)10-5-16-11(18)6-15-10/h2-4,10,15H,5-6H2,1H3,(H,16,18)(H,17,19). The lowest BCUT2D eigenvalue weighted by atomic mass is 10.1. The van der Waals surface area contributed by atoms with Crippen LogP contribution < -0.4 is 16.0 Å². The largest absolute Gasteiger partial charge is 0.465 e. The smallest absolute Gasteiger partial charge is 0.337 e. The molecule has 8 heteroatoms. The van der Waals surface area contributed by atoms with E-state index in [0.717, 1.165) is 0 Å². The van der Waals surface area contributed by atoms with Gasteiger partial charge < -0.3 is 15.4 Å². The molecule has 1 aromatic carbocycles. The van der Waals surface area contributed by atoms with Crippen molar-refractivity contribution in [1.82, 2.24) is 10.6 Å². The average Bonchev–Trinajstić information content (AvgIpc) is 2.49. The zero-order valence-electron chi connectivity index (χ0n) is 11.2. The van der Waals surface area contributed by atoms with E-state index >= 15 is 0 Å². The molecular weight excluding hydrogens is 298 g/mol. The van der Waals surface area contributed by atoms with Crippen molar-refractivity contribution >= 4 is 35.1 Å². The van der Waals surface area contributed by atoms with Crippen LogP contribution in [0.3, 0.4) is 0 Å². The van der Waals surface area contributed by atoms with Gasteiger partial charge in [0.2, 0.25) is 11.8 Å². The van der Waals surface area contributed by atoms with Crippen molar-refractivity contribution < 1.29 is 19.1 Å². The predicted molar refractivity (Wildman–Crippen MR) is 76.2 cm³/mol. The Bertz CT molecular complexity index is 581. The van der Waals surface area contributed by atoms with Crippen LogP contribution >= 0.6 is 11.6 Å². The number of amides is 2. The summed E-state index contributed by atoms with van der Waals surface area (Å²) in [5, 5.41) is 8.30. The molecule has 3 N–H and O–H groups in total. The zero-order valence-corrected chi connectivity index (χ0v) is 12.0. The number of halogens is 1. The molecule has 1 fully saturated rings. The number of carbonyl (C=O) groups is 3. The SMILES string of the molecule is COC(=O)c1ccc(Cl)c(NC(=O)C2CNC(=O)CN2)c1. The number of benzene rings is 1. The van der Waals surface area contributed by atoms with Crippen LogP contribution in [0.4, 0.5) is 5.69 Å². The highest BCUT2D eigenvalue weighted by atomic mass is 35.5. The number of carbonyl (C=O) groups excluding carboxylic acids is 3. The van der Waals surface area contributed by atoms with Crippen LogP contribution in [0.15, 0.2) is 18.2 Å². The fourth-order valence-corrected chi connectivity index (χ4v) is 2.00. The van der Waals surface area contributed by atoms with Gasteiger partial charge >= 0.3 is 5.97 Å². The number of rotatable bonds is 3. The van der Waals surface area contributed by atoms with Crippen LogP contribution in [-0.2, 0) is 14.3 Å². The summed E-state index contributed by atoms with van der Waals surface area (Å²) in [6, 6.07) is 3.89. The van der Waals surface area contributed by atoms with Crippen LogP contribution in [0, 0.1) is 0 Å². The van der Waals surface area contributed by atoms with E-state index in [1.165, 1.54) is 25.3 Å². The Kier molecular flexibility index (Phi) is 4.77. The number of hydrogen-bond donors (Lipinski definition) is 3. The molecule has 0 bridgehead atoms. The summed E-state index contributed by atoms with van der Waals surface area (Å²) in [6.07, 6.45) is 0. The summed E-state index contributed by atoms with van der Waals surface area (Å²) < 4.78 is 4.61. The van der Waals surface area contributed by atoms with E-state index in [1.807, 2.05) is 0 Å². The summed E-state index contributed by atoms with van der Waals surface area (Å²) in [7, 11) is 1.27. The maximum absolute atomic E-state index is 12.1. The molecule has 0 radical (unpaired) electrons. The van der Waals surface area contributed by atoms with E-state index < -0.39 is 12.0 Å². The highest BCUT2D eigenvalue weighted by Crippen LogP contribution is 2.23. The Morgan fingerprint density at radius 2 is 2.19 bits per heavy atom. The van der Waals surface area contributed by atoms with E-state index in [9.17, 15) is 14.4 Å². The molecule has 112 valence electrons. The van der Waals surface area contributed by atoms with Crippen molar-refractivity contribution in [2.75, 3.05) is 25.5 Å². The topological polar surface area (TPSA) is 96.5 Å². The molecule has 1 aromatic rings. The second-order valence-electron chi connectivity index (χ2n) is 4.41. The molecule has 21 heavy (non-hydrogen) atoms. The van der Waals surface area contributed by atoms with Gasteiger partial charge in [0.1, 0.15) is 6.04 Å². The number of hydrogen-bond acceptors (Lipinski definition) is 5. The molecule has 7 nitrogen and oxygen atoms in total. The number of anilines is 1. The average molecular weight is 312 g/mol. The lowest BCUT2D eigenvalue weighted by Crippen LogP contribution is -2.56. The van der Waals surface area contributed by atoms with Crippen LogP contribution in [-0.4, -0.2) is 44.0 Å². The van der Waals surface area contributed by atoms with Gasteiger partial charge in [0, 0.05) is 6.54 Å². The zero-order chi connectivity index (χ0) is 15.4. The normalized spacial score (nSPS) is 17.8. The van der Waals surface area contributed by atoms with Crippen molar-refractivity contribution in [3.8, 4) is 0 Å². The number of piperazine rings is 1. The van der Waals surface area contributed by atoms with Gasteiger partial charge in [-0.3, -0.25) is 14.9 Å². The van der Waals surface area contributed by atoms with Gasteiger partial charge in [-0.05, 0) is 18.2 Å². The summed E-state index contributed by atoms with van der Waals surface area (Å²) in [5.41, 5.74) is 0.588. The van der Waals surface area contributed by atoms with Crippen LogP contribution in [0.5, 0.6) is 0 Å². The summed E-state index contributed by atoms with van der Waals surface area (Å²) >= 11 is 5.99. The third-order valence-corrected chi connectivity index (χ3v) is 3.30. The molecule has 0 saturated carbocycles. The summed E-state index contributed by atoms with van der Waals surface area (Å²) in [4.78, 5) is 34.6. The Balaban J connectivity index is 2.09. The molecule has 0 spiro atoms. The molecular formula is C13H14ClN3O4. The second kappa shape index (κ2) is 6.55. The molecule has 2 rings (SSSR count).